The number of halogens is 1. The van der Waals surface area contributed by atoms with Crippen LogP contribution in [-0.2, 0) is 16.6 Å². The van der Waals surface area contributed by atoms with Crippen LogP contribution in [0, 0.1) is 5.82 Å². The Morgan fingerprint density at radius 3 is 2.74 bits per heavy atom. The number of anilines is 1. The van der Waals surface area contributed by atoms with Gasteiger partial charge < -0.3 is 5.73 Å². The van der Waals surface area contributed by atoms with Gasteiger partial charge in [0, 0.05) is 6.20 Å². The first-order valence-electron chi connectivity index (χ1n) is 5.30. The van der Waals surface area contributed by atoms with Crippen LogP contribution in [0.5, 0.6) is 0 Å². The topological polar surface area (TPSA) is 98.0 Å². The van der Waals surface area contributed by atoms with E-state index in [4.69, 9.17) is 5.73 Å². The lowest BCUT2D eigenvalue weighted by atomic mass is 10.3. The van der Waals surface area contributed by atoms with Crippen molar-refractivity contribution in [1.82, 2.24) is 14.9 Å². The van der Waals surface area contributed by atoms with E-state index in [2.05, 4.69) is 14.9 Å². The smallest absolute Gasteiger partial charge is 0.242 e. The molecule has 19 heavy (non-hydrogen) atoms. The normalized spacial score (nSPS) is 11.4. The number of aromatic nitrogens is 2. The highest BCUT2D eigenvalue weighted by molar-refractivity contribution is 7.89. The van der Waals surface area contributed by atoms with Crippen molar-refractivity contribution in [3.05, 3.63) is 48.0 Å². The maximum atomic E-state index is 12.9. The van der Waals surface area contributed by atoms with Crippen molar-refractivity contribution in [2.45, 2.75) is 11.4 Å². The Labute approximate surface area is 109 Å². The molecule has 0 aliphatic heterocycles. The first-order chi connectivity index (χ1) is 8.99. The van der Waals surface area contributed by atoms with Gasteiger partial charge in [0.05, 0.1) is 17.9 Å². The summed E-state index contributed by atoms with van der Waals surface area (Å²) < 4.78 is 39.1. The van der Waals surface area contributed by atoms with Gasteiger partial charge in [-0.15, -0.1) is 0 Å². The number of nitrogens with two attached hydrogens (primary N) is 1. The molecule has 0 saturated heterocycles. The molecule has 6 nitrogen and oxygen atoms in total. The van der Waals surface area contributed by atoms with E-state index < -0.39 is 15.8 Å². The maximum Gasteiger partial charge on any atom is 0.242 e. The lowest BCUT2D eigenvalue weighted by Crippen LogP contribution is -2.24. The Kier molecular flexibility index (Phi) is 3.72. The molecule has 2 aromatic rings. The summed E-state index contributed by atoms with van der Waals surface area (Å²) in [5, 5.41) is 7.37. The van der Waals surface area contributed by atoms with Crippen molar-refractivity contribution >= 4 is 15.7 Å². The number of nitrogen functional groups attached to an aromatic ring is 1. The molecule has 0 aliphatic rings. The van der Waals surface area contributed by atoms with Crippen LogP contribution >= 0.6 is 0 Å². The fraction of sp³-hybridized carbons (Fsp3) is 0.0909. The second-order valence-electron chi connectivity index (χ2n) is 3.72. The molecule has 2 rings (SSSR count). The summed E-state index contributed by atoms with van der Waals surface area (Å²) in [4.78, 5) is -0.169. The summed E-state index contributed by atoms with van der Waals surface area (Å²) in [5.41, 5.74) is 5.81. The average molecular weight is 282 g/mol. The van der Waals surface area contributed by atoms with Gasteiger partial charge in [-0.3, -0.25) is 0 Å². The van der Waals surface area contributed by atoms with Gasteiger partial charge >= 0.3 is 0 Å². The Morgan fingerprint density at radius 2 is 2.11 bits per heavy atom. The second kappa shape index (κ2) is 5.29. The molecule has 1 heterocycles. The van der Waals surface area contributed by atoms with E-state index in [1.807, 2.05) is 0 Å². The zero-order valence-corrected chi connectivity index (χ0v) is 10.6. The summed E-state index contributed by atoms with van der Waals surface area (Å²) in [6.07, 6.45) is 1.48. The van der Waals surface area contributed by atoms with E-state index in [0.29, 0.717) is 5.69 Å². The fourth-order valence-electron chi connectivity index (χ4n) is 1.44. The Bertz CT molecular complexity index is 676. The van der Waals surface area contributed by atoms with Gasteiger partial charge in [0.25, 0.3) is 0 Å². The summed E-state index contributed by atoms with van der Waals surface area (Å²) in [7, 11) is -3.82. The quantitative estimate of drug-likeness (QED) is 0.803. The predicted molar refractivity (Wildman–Crippen MR) is 66.9 cm³/mol. The summed E-state index contributed by atoms with van der Waals surface area (Å²) >= 11 is 0. The first kappa shape index (κ1) is 13.4. The third kappa shape index (κ3) is 3.24. The summed E-state index contributed by atoms with van der Waals surface area (Å²) in [5.74, 6) is -0.592. The monoisotopic (exact) mass is 282 g/mol. The molecular formula is C11H11FN4O2S. The van der Waals surface area contributed by atoms with E-state index in [-0.39, 0.29) is 17.1 Å². The highest BCUT2D eigenvalue weighted by Crippen LogP contribution is 2.19. The summed E-state index contributed by atoms with van der Waals surface area (Å²) in [6.45, 7) is -0.0208. The molecule has 0 atom stereocenters. The number of benzene rings is 1. The lowest BCUT2D eigenvalue weighted by Gasteiger charge is -2.08. The Hall–Kier alpha value is -2.06. The Morgan fingerprint density at radius 1 is 1.32 bits per heavy atom. The number of hydrogen-bond donors (Lipinski definition) is 2. The molecule has 0 bridgehead atoms. The number of sulfonamides is 1. The highest BCUT2D eigenvalue weighted by Gasteiger charge is 2.17. The minimum Gasteiger partial charge on any atom is -0.398 e. The summed E-state index contributed by atoms with van der Waals surface area (Å²) in [6, 6.07) is 6.38. The van der Waals surface area contributed by atoms with Crippen molar-refractivity contribution in [3.63, 3.8) is 0 Å². The molecule has 0 spiro atoms. The Balaban J connectivity index is 2.19. The first-order valence-corrected chi connectivity index (χ1v) is 6.78. The van der Waals surface area contributed by atoms with Crippen molar-refractivity contribution in [2.24, 2.45) is 0 Å². The van der Waals surface area contributed by atoms with Gasteiger partial charge in [-0.2, -0.15) is 10.2 Å². The van der Waals surface area contributed by atoms with Crippen LogP contribution in [0.4, 0.5) is 10.1 Å². The van der Waals surface area contributed by atoms with E-state index in [1.54, 1.807) is 12.1 Å². The molecule has 1 aromatic heterocycles. The molecular weight excluding hydrogens is 271 g/mol. The molecule has 0 aliphatic carbocycles. The molecule has 0 unspecified atom stereocenters. The third-order valence-corrected chi connectivity index (χ3v) is 3.81. The minimum atomic E-state index is -3.82. The zero-order valence-electron chi connectivity index (χ0n) is 9.75. The van der Waals surface area contributed by atoms with E-state index in [0.717, 1.165) is 18.2 Å². The molecule has 0 fully saturated rings. The van der Waals surface area contributed by atoms with Crippen molar-refractivity contribution in [1.29, 1.82) is 0 Å². The molecule has 0 radical (unpaired) electrons. The van der Waals surface area contributed by atoms with Gasteiger partial charge in [-0.25, -0.2) is 17.5 Å². The largest absolute Gasteiger partial charge is 0.398 e. The van der Waals surface area contributed by atoms with Gasteiger partial charge in [-0.1, -0.05) is 0 Å². The number of nitrogens with zero attached hydrogens (tertiary/aromatic N) is 2. The average Bonchev–Trinajstić information content (AvgIpc) is 2.37. The third-order valence-electron chi connectivity index (χ3n) is 2.33. The van der Waals surface area contributed by atoms with Crippen LogP contribution in [0.2, 0.25) is 0 Å². The second-order valence-corrected chi connectivity index (χ2v) is 5.46. The van der Waals surface area contributed by atoms with Crippen LogP contribution < -0.4 is 10.5 Å². The van der Waals surface area contributed by atoms with Gasteiger partial charge in [0.1, 0.15) is 10.7 Å². The standard InChI is InChI=1S/C11H11FN4O2S/c12-8-3-4-11(10(13)6-8)19(17,18)15-7-9-2-1-5-14-16-9/h1-6,15H,7,13H2. The molecule has 0 amide bonds. The fourth-order valence-corrected chi connectivity index (χ4v) is 2.55. The van der Waals surface area contributed by atoms with Crippen molar-refractivity contribution < 1.29 is 12.8 Å². The SMILES string of the molecule is Nc1cc(F)ccc1S(=O)(=O)NCc1cccnn1. The van der Waals surface area contributed by atoms with E-state index >= 15 is 0 Å². The van der Waals surface area contributed by atoms with Crippen LogP contribution in [0.3, 0.4) is 0 Å². The van der Waals surface area contributed by atoms with Crippen molar-refractivity contribution in [3.8, 4) is 0 Å². The van der Waals surface area contributed by atoms with Gasteiger partial charge in [-0.05, 0) is 30.3 Å². The number of rotatable bonds is 4. The highest BCUT2D eigenvalue weighted by atomic mass is 32.2. The van der Waals surface area contributed by atoms with Crippen LogP contribution in [0.15, 0.2) is 41.4 Å². The van der Waals surface area contributed by atoms with Crippen molar-refractivity contribution in [2.75, 3.05) is 5.73 Å². The molecule has 100 valence electrons. The molecule has 8 heteroatoms. The zero-order chi connectivity index (χ0) is 13.9. The van der Waals surface area contributed by atoms with E-state index in [1.165, 1.54) is 6.20 Å². The minimum absolute atomic E-state index is 0.0208. The number of nitrogens with one attached hydrogen (secondary N) is 1. The molecule has 3 N–H and O–H groups in total. The van der Waals surface area contributed by atoms with Gasteiger partial charge in [0.2, 0.25) is 10.0 Å². The lowest BCUT2D eigenvalue weighted by molar-refractivity contribution is 0.579. The predicted octanol–water partition coefficient (Wildman–Crippen LogP) is 0.676. The van der Waals surface area contributed by atoms with E-state index in [9.17, 15) is 12.8 Å². The maximum absolute atomic E-state index is 12.9. The van der Waals surface area contributed by atoms with Crippen LogP contribution in [-0.4, -0.2) is 18.6 Å². The van der Waals surface area contributed by atoms with Crippen LogP contribution in [0.25, 0.3) is 0 Å². The van der Waals surface area contributed by atoms with Crippen LogP contribution in [0.1, 0.15) is 5.69 Å². The van der Waals surface area contributed by atoms with Gasteiger partial charge in [0.15, 0.2) is 0 Å². The molecule has 0 saturated carbocycles. The molecule has 1 aromatic carbocycles. The number of hydrogen-bond acceptors (Lipinski definition) is 5.